The third-order valence-electron chi connectivity index (χ3n) is 2.24. The van der Waals surface area contributed by atoms with Crippen LogP contribution in [0.4, 0.5) is 0 Å². The zero-order valence-electron chi connectivity index (χ0n) is 8.63. The van der Waals surface area contributed by atoms with Crippen molar-refractivity contribution in [3.05, 3.63) is 39.7 Å². The highest BCUT2D eigenvalue weighted by Crippen LogP contribution is 2.34. The van der Waals surface area contributed by atoms with E-state index in [4.69, 9.17) is 11.6 Å². The fraction of sp³-hybridized carbons (Fsp3) is 0.273. The summed E-state index contributed by atoms with van der Waals surface area (Å²) < 4.78 is 0.867. The fourth-order valence-electron chi connectivity index (χ4n) is 1.24. The van der Waals surface area contributed by atoms with Crippen molar-refractivity contribution in [2.24, 2.45) is 0 Å². The summed E-state index contributed by atoms with van der Waals surface area (Å²) in [5.41, 5.74) is 1.33. The Hall–Kier alpha value is -0.380. The number of halogens is 2. The van der Waals surface area contributed by atoms with E-state index in [2.05, 4.69) is 22.9 Å². The van der Waals surface area contributed by atoms with Crippen molar-refractivity contribution in [1.29, 1.82) is 0 Å². The average Bonchev–Trinajstić information content (AvgIpc) is 2.17. The monoisotopic (exact) mass is 288 g/mol. The van der Waals surface area contributed by atoms with Crippen molar-refractivity contribution in [1.82, 2.24) is 4.90 Å². The van der Waals surface area contributed by atoms with E-state index in [1.165, 1.54) is 0 Å². The number of aldehydes is 1. The maximum Gasteiger partial charge on any atom is 0.151 e. The van der Waals surface area contributed by atoms with Gasteiger partial charge in [-0.2, -0.15) is 0 Å². The van der Waals surface area contributed by atoms with Gasteiger partial charge in [-0.3, -0.25) is 4.79 Å². The van der Waals surface area contributed by atoms with Crippen LogP contribution in [0.15, 0.2) is 16.6 Å². The Morgan fingerprint density at radius 1 is 1.53 bits per heavy atom. The highest BCUT2D eigenvalue weighted by molar-refractivity contribution is 9.10. The summed E-state index contributed by atoms with van der Waals surface area (Å²) in [4.78, 5) is 12.7. The predicted octanol–water partition coefficient (Wildman–Crippen LogP) is 3.35. The van der Waals surface area contributed by atoms with Crippen LogP contribution in [0.3, 0.4) is 0 Å². The molecule has 1 rings (SSSR count). The third kappa shape index (κ3) is 2.60. The molecule has 0 aliphatic carbocycles. The van der Waals surface area contributed by atoms with Crippen molar-refractivity contribution in [3.8, 4) is 0 Å². The minimum atomic E-state index is -0.0909. The first-order valence-electron chi connectivity index (χ1n) is 4.41. The van der Waals surface area contributed by atoms with E-state index in [9.17, 15) is 4.79 Å². The Bertz CT molecular complexity index is 379. The van der Waals surface area contributed by atoms with Gasteiger partial charge in [0.15, 0.2) is 6.29 Å². The van der Waals surface area contributed by atoms with Crippen LogP contribution in [0.25, 0.3) is 0 Å². The van der Waals surface area contributed by atoms with Gasteiger partial charge < -0.3 is 4.90 Å². The standard InChI is InChI=1S/C11H12BrClNO/c1-7(14(2)3)10-9(12)5-4-8(6-15)11(10)13/h4-7H,1H2,2-3H3. The average molecular weight is 290 g/mol. The molecule has 1 atom stereocenters. The van der Waals surface area contributed by atoms with Crippen LogP contribution in [0, 0.1) is 6.92 Å². The molecule has 0 aliphatic heterocycles. The minimum absolute atomic E-state index is 0.0909. The van der Waals surface area contributed by atoms with Crippen LogP contribution < -0.4 is 0 Å². The van der Waals surface area contributed by atoms with Crippen LogP contribution in [0.2, 0.25) is 5.02 Å². The molecule has 2 nitrogen and oxygen atoms in total. The van der Waals surface area contributed by atoms with Gasteiger partial charge in [-0.25, -0.2) is 0 Å². The minimum Gasteiger partial charge on any atom is -0.302 e. The molecule has 15 heavy (non-hydrogen) atoms. The number of rotatable bonds is 3. The van der Waals surface area contributed by atoms with Gasteiger partial charge >= 0.3 is 0 Å². The number of carbonyl (C=O) groups is 1. The Labute approximate surface area is 103 Å². The summed E-state index contributed by atoms with van der Waals surface area (Å²) in [6.45, 7) is 4.00. The molecule has 0 aromatic heterocycles. The molecule has 1 aromatic carbocycles. The largest absolute Gasteiger partial charge is 0.302 e. The van der Waals surface area contributed by atoms with Gasteiger partial charge in [0.1, 0.15) is 0 Å². The van der Waals surface area contributed by atoms with E-state index < -0.39 is 0 Å². The highest BCUT2D eigenvalue weighted by atomic mass is 79.9. The van der Waals surface area contributed by atoms with Crippen LogP contribution in [-0.4, -0.2) is 25.3 Å². The Balaban J connectivity index is 3.32. The van der Waals surface area contributed by atoms with Crippen molar-refractivity contribution < 1.29 is 4.79 Å². The summed E-state index contributed by atoms with van der Waals surface area (Å²) in [5, 5.41) is 0.466. The summed E-state index contributed by atoms with van der Waals surface area (Å²) in [6.07, 6.45) is 0.751. The second kappa shape index (κ2) is 5.10. The van der Waals surface area contributed by atoms with Gasteiger partial charge in [-0.1, -0.05) is 27.5 Å². The molecule has 1 aromatic rings. The molecule has 1 unspecified atom stereocenters. The quantitative estimate of drug-likeness (QED) is 0.795. The second-order valence-corrected chi connectivity index (χ2v) is 4.69. The summed E-state index contributed by atoms with van der Waals surface area (Å²) in [7, 11) is 3.82. The molecule has 0 aliphatic rings. The summed E-state index contributed by atoms with van der Waals surface area (Å²) in [5.74, 6) is 0. The first-order chi connectivity index (χ1) is 6.99. The van der Waals surface area contributed by atoms with Gasteiger partial charge in [0.25, 0.3) is 0 Å². The van der Waals surface area contributed by atoms with Crippen molar-refractivity contribution >= 4 is 33.8 Å². The molecule has 0 amide bonds. The van der Waals surface area contributed by atoms with E-state index in [0.29, 0.717) is 10.6 Å². The smallest absolute Gasteiger partial charge is 0.151 e. The molecule has 81 valence electrons. The SMILES string of the molecule is [CH2]C(c1c(Br)ccc(C=O)c1Cl)N(C)C. The number of nitrogens with zero attached hydrogens (tertiary/aromatic N) is 1. The molecule has 0 saturated carbocycles. The van der Waals surface area contributed by atoms with E-state index in [1.807, 2.05) is 25.1 Å². The lowest BCUT2D eigenvalue weighted by molar-refractivity contribution is 0.112. The molecule has 0 fully saturated rings. The number of hydrogen-bond acceptors (Lipinski definition) is 2. The van der Waals surface area contributed by atoms with Gasteiger partial charge in [0.05, 0.1) is 5.02 Å². The number of hydrogen-bond donors (Lipinski definition) is 0. The number of carbonyl (C=O) groups excluding carboxylic acids is 1. The lowest BCUT2D eigenvalue weighted by Crippen LogP contribution is -2.18. The van der Waals surface area contributed by atoms with E-state index >= 15 is 0 Å². The Morgan fingerprint density at radius 2 is 2.13 bits per heavy atom. The molecule has 0 N–H and O–H groups in total. The first kappa shape index (κ1) is 12.7. The molecular weight excluding hydrogens is 277 g/mol. The molecule has 4 heteroatoms. The first-order valence-corrected chi connectivity index (χ1v) is 5.58. The molecule has 0 spiro atoms. The van der Waals surface area contributed by atoms with Crippen LogP contribution in [0.1, 0.15) is 22.0 Å². The predicted molar refractivity (Wildman–Crippen MR) is 66.3 cm³/mol. The Morgan fingerprint density at radius 3 is 2.60 bits per heavy atom. The molecular formula is C11H12BrClNO. The van der Waals surface area contributed by atoms with Gasteiger partial charge in [0, 0.05) is 21.6 Å². The van der Waals surface area contributed by atoms with Crippen molar-refractivity contribution in [2.75, 3.05) is 14.1 Å². The maximum absolute atomic E-state index is 10.7. The zero-order valence-corrected chi connectivity index (χ0v) is 11.0. The van der Waals surface area contributed by atoms with Crippen molar-refractivity contribution in [2.45, 2.75) is 6.04 Å². The van der Waals surface area contributed by atoms with Gasteiger partial charge in [-0.15, -0.1) is 0 Å². The van der Waals surface area contributed by atoms with Crippen LogP contribution in [0.5, 0.6) is 0 Å². The lowest BCUT2D eigenvalue weighted by Gasteiger charge is -2.22. The Kier molecular flexibility index (Phi) is 4.32. The maximum atomic E-state index is 10.7. The van der Waals surface area contributed by atoms with E-state index in [-0.39, 0.29) is 6.04 Å². The second-order valence-electron chi connectivity index (χ2n) is 3.46. The zero-order chi connectivity index (χ0) is 11.6. The van der Waals surface area contributed by atoms with Gasteiger partial charge in [-0.05, 0) is 33.2 Å². The van der Waals surface area contributed by atoms with Gasteiger partial charge in [0.2, 0.25) is 0 Å². The molecule has 0 saturated heterocycles. The van der Waals surface area contributed by atoms with Crippen LogP contribution >= 0.6 is 27.5 Å². The molecule has 0 heterocycles. The highest BCUT2D eigenvalue weighted by Gasteiger charge is 2.17. The van der Waals surface area contributed by atoms with Crippen molar-refractivity contribution in [3.63, 3.8) is 0 Å². The van der Waals surface area contributed by atoms with E-state index in [0.717, 1.165) is 16.3 Å². The third-order valence-corrected chi connectivity index (χ3v) is 3.35. The summed E-state index contributed by atoms with van der Waals surface area (Å²) >= 11 is 9.54. The normalized spacial score (nSPS) is 12.9. The van der Waals surface area contributed by atoms with E-state index in [1.54, 1.807) is 6.07 Å². The number of benzene rings is 1. The van der Waals surface area contributed by atoms with Crippen LogP contribution in [-0.2, 0) is 0 Å². The fourth-order valence-corrected chi connectivity index (χ4v) is 2.28. The topological polar surface area (TPSA) is 20.3 Å². The summed E-state index contributed by atoms with van der Waals surface area (Å²) in [6, 6.07) is 3.41. The molecule has 1 radical (unpaired) electrons. The molecule has 0 bridgehead atoms. The lowest BCUT2D eigenvalue weighted by atomic mass is 10.0.